The Morgan fingerprint density at radius 2 is 2.00 bits per heavy atom. The summed E-state index contributed by atoms with van der Waals surface area (Å²) in [6.07, 6.45) is 3.99. The summed E-state index contributed by atoms with van der Waals surface area (Å²) >= 11 is 1.52. The number of thiazole rings is 1. The average Bonchev–Trinajstić information content (AvgIpc) is 3.09. The third-order valence-electron chi connectivity index (χ3n) is 6.07. The van der Waals surface area contributed by atoms with Crippen molar-refractivity contribution >= 4 is 17.2 Å². The molecule has 0 unspecified atom stereocenters. The number of amides is 1. The van der Waals surface area contributed by atoms with E-state index < -0.39 is 0 Å². The first-order chi connectivity index (χ1) is 14.1. The van der Waals surface area contributed by atoms with Crippen molar-refractivity contribution in [3.05, 3.63) is 51.0 Å². The van der Waals surface area contributed by atoms with E-state index in [1.165, 1.54) is 22.5 Å². The Hall–Kier alpha value is -1.76. The Kier molecular flexibility index (Phi) is 6.63. The van der Waals surface area contributed by atoms with Crippen LogP contribution in [0.2, 0.25) is 0 Å². The number of benzene rings is 1. The summed E-state index contributed by atoms with van der Waals surface area (Å²) < 4.78 is 5.54. The summed E-state index contributed by atoms with van der Waals surface area (Å²) in [5, 5.41) is 0.963. The number of fused-ring (bicyclic) bond motifs is 1. The van der Waals surface area contributed by atoms with Crippen LogP contribution in [0.3, 0.4) is 0 Å². The normalized spacial score (nSPS) is 17.9. The third kappa shape index (κ3) is 4.87. The molecule has 1 fully saturated rings. The first-order valence-electron chi connectivity index (χ1n) is 10.7. The Morgan fingerprint density at radius 3 is 2.72 bits per heavy atom. The number of ether oxygens (including phenoxy) is 1. The van der Waals surface area contributed by atoms with Gasteiger partial charge in [-0.1, -0.05) is 24.3 Å². The number of aromatic nitrogens is 1. The van der Waals surface area contributed by atoms with Gasteiger partial charge in [-0.25, -0.2) is 4.98 Å². The highest BCUT2D eigenvalue weighted by Crippen LogP contribution is 2.24. The van der Waals surface area contributed by atoms with Gasteiger partial charge < -0.3 is 9.64 Å². The minimum absolute atomic E-state index is 0.156. The lowest BCUT2D eigenvalue weighted by molar-refractivity contribution is 0.0281. The fraction of sp³-hybridized carbons (Fsp3) is 0.565. The predicted molar refractivity (Wildman–Crippen MR) is 117 cm³/mol. The molecule has 0 atom stereocenters. The molecule has 2 aromatic rings. The smallest absolute Gasteiger partial charge is 0.266 e. The van der Waals surface area contributed by atoms with E-state index >= 15 is 0 Å². The standard InChI is InChI=1S/C23H31N3O2S/c1-17-22(29-18(2)24-17)23(27)26(21-9-14-28-15-10-21)12-5-11-25-13-8-19-6-3-4-7-20(19)16-25/h3-4,6-7,21H,5,8-16H2,1-2H3. The fourth-order valence-corrected chi connectivity index (χ4v) is 5.39. The van der Waals surface area contributed by atoms with Gasteiger partial charge in [0.05, 0.1) is 10.7 Å². The summed E-state index contributed by atoms with van der Waals surface area (Å²) in [5.74, 6) is 0.156. The second-order valence-corrected chi connectivity index (χ2v) is 9.34. The maximum atomic E-state index is 13.4. The first kappa shape index (κ1) is 20.5. The molecule has 0 saturated carbocycles. The summed E-state index contributed by atoms with van der Waals surface area (Å²) in [5.41, 5.74) is 3.80. The van der Waals surface area contributed by atoms with Crippen LogP contribution in [-0.2, 0) is 17.7 Å². The largest absolute Gasteiger partial charge is 0.381 e. The Morgan fingerprint density at radius 1 is 1.24 bits per heavy atom. The highest BCUT2D eigenvalue weighted by Gasteiger charge is 2.29. The quantitative estimate of drug-likeness (QED) is 0.722. The number of nitrogens with zero attached hydrogens (tertiary/aromatic N) is 3. The molecule has 0 bridgehead atoms. The van der Waals surface area contributed by atoms with Crippen molar-refractivity contribution in [2.24, 2.45) is 0 Å². The molecule has 4 rings (SSSR count). The molecule has 156 valence electrons. The number of hydrogen-bond acceptors (Lipinski definition) is 5. The molecule has 1 amide bonds. The van der Waals surface area contributed by atoms with Crippen LogP contribution in [-0.4, -0.2) is 59.6 Å². The molecule has 0 spiro atoms. The van der Waals surface area contributed by atoms with Crippen LogP contribution in [0.4, 0.5) is 0 Å². The monoisotopic (exact) mass is 413 g/mol. The van der Waals surface area contributed by atoms with Crippen molar-refractivity contribution in [2.75, 3.05) is 32.8 Å². The number of carbonyl (C=O) groups excluding carboxylic acids is 1. The second kappa shape index (κ2) is 9.37. The van der Waals surface area contributed by atoms with Crippen molar-refractivity contribution in [3.8, 4) is 0 Å². The summed E-state index contributed by atoms with van der Waals surface area (Å²) in [6.45, 7) is 9.38. The summed E-state index contributed by atoms with van der Waals surface area (Å²) in [4.78, 5) is 23.3. The van der Waals surface area contributed by atoms with Gasteiger partial charge in [0, 0.05) is 45.4 Å². The molecule has 1 aromatic carbocycles. The maximum Gasteiger partial charge on any atom is 0.266 e. The lowest BCUT2D eigenvalue weighted by Crippen LogP contribution is -2.44. The lowest BCUT2D eigenvalue weighted by Gasteiger charge is -2.35. The van der Waals surface area contributed by atoms with Gasteiger partial charge in [0.1, 0.15) is 4.88 Å². The molecule has 0 radical (unpaired) electrons. The van der Waals surface area contributed by atoms with Gasteiger partial charge in [0.25, 0.3) is 5.91 Å². The molecule has 0 N–H and O–H groups in total. The molecule has 29 heavy (non-hydrogen) atoms. The van der Waals surface area contributed by atoms with Crippen LogP contribution in [0, 0.1) is 13.8 Å². The third-order valence-corrected chi connectivity index (χ3v) is 7.13. The van der Waals surface area contributed by atoms with E-state index in [9.17, 15) is 4.79 Å². The zero-order chi connectivity index (χ0) is 20.2. The van der Waals surface area contributed by atoms with Crippen molar-refractivity contribution < 1.29 is 9.53 Å². The van der Waals surface area contributed by atoms with Gasteiger partial charge >= 0.3 is 0 Å². The molecule has 1 saturated heterocycles. The maximum absolute atomic E-state index is 13.4. The van der Waals surface area contributed by atoms with E-state index in [0.717, 1.165) is 80.7 Å². The molecule has 3 heterocycles. The lowest BCUT2D eigenvalue weighted by atomic mass is 10.00. The average molecular weight is 414 g/mol. The number of rotatable bonds is 6. The van der Waals surface area contributed by atoms with Gasteiger partial charge in [-0.15, -0.1) is 11.3 Å². The van der Waals surface area contributed by atoms with Gasteiger partial charge in [-0.2, -0.15) is 0 Å². The van der Waals surface area contributed by atoms with Crippen LogP contribution < -0.4 is 0 Å². The SMILES string of the molecule is Cc1nc(C)c(C(=O)N(CCCN2CCc3ccccc3C2)C2CCOCC2)s1. The molecule has 2 aliphatic heterocycles. The van der Waals surface area contributed by atoms with Crippen LogP contribution in [0.5, 0.6) is 0 Å². The Bertz CT molecular complexity index is 844. The van der Waals surface area contributed by atoms with Crippen LogP contribution >= 0.6 is 11.3 Å². The topological polar surface area (TPSA) is 45.7 Å². The van der Waals surface area contributed by atoms with Crippen molar-refractivity contribution in [1.29, 1.82) is 0 Å². The molecule has 0 aliphatic carbocycles. The highest BCUT2D eigenvalue weighted by atomic mass is 32.1. The molecular formula is C23H31N3O2S. The minimum atomic E-state index is 0.156. The summed E-state index contributed by atoms with van der Waals surface area (Å²) in [6, 6.07) is 9.04. The minimum Gasteiger partial charge on any atom is -0.381 e. The fourth-order valence-electron chi connectivity index (χ4n) is 4.52. The van der Waals surface area contributed by atoms with Crippen molar-refractivity contribution in [1.82, 2.24) is 14.8 Å². The Balaban J connectivity index is 1.39. The Labute approximate surface area is 177 Å². The highest BCUT2D eigenvalue weighted by molar-refractivity contribution is 7.13. The van der Waals surface area contributed by atoms with Gasteiger partial charge in [-0.05, 0) is 50.7 Å². The van der Waals surface area contributed by atoms with Crippen LogP contribution in [0.1, 0.15) is 50.8 Å². The van der Waals surface area contributed by atoms with E-state index in [4.69, 9.17) is 4.74 Å². The van der Waals surface area contributed by atoms with Gasteiger partial charge in [-0.3, -0.25) is 9.69 Å². The molecule has 1 aromatic heterocycles. The van der Waals surface area contributed by atoms with E-state index in [2.05, 4.69) is 39.0 Å². The number of carbonyl (C=O) groups is 1. The van der Waals surface area contributed by atoms with Crippen LogP contribution in [0.15, 0.2) is 24.3 Å². The molecular weight excluding hydrogens is 382 g/mol. The summed E-state index contributed by atoms with van der Waals surface area (Å²) in [7, 11) is 0. The zero-order valence-electron chi connectivity index (χ0n) is 17.5. The zero-order valence-corrected chi connectivity index (χ0v) is 18.3. The predicted octanol–water partition coefficient (Wildman–Crippen LogP) is 3.83. The van der Waals surface area contributed by atoms with E-state index in [-0.39, 0.29) is 11.9 Å². The van der Waals surface area contributed by atoms with E-state index in [1.54, 1.807) is 0 Å². The second-order valence-electron chi connectivity index (χ2n) is 8.14. The molecule has 6 heteroatoms. The van der Waals surface area contributed by atoms with Crippen molar-refractivity contribution in [2.45, 2.75) is 52.1 Å². The van der Waals surface area contributed by atoms with Gasteiger partial charge in [0.15, 0.2) is 0 Å². The number of aryl methyl sites for hydroxylation is 2. The van der Waals surface area contributed by atoms with Crippen molar-refractivity contribution in [3.63, 3.8) is 0 Å². The van der Waals surface area contributed by atoms with Crippen LogP contribution in [0.25, 0.3) is 0 Å². The number of hydrogen-bond donors (Lipinski definition) is 0. The van der Waals surface area contributed by atoms with Gasteiger partial charge in [0.2, 0.25) is 0 Å². The molecule has 2 aliphatic rings. The molecule has 5 nitrogen and oxygen atoms in total. The van der Waals surface area contributed by atoms with E-state index in [1.807, 2.05) is 13.8 Å². The van der Waals surface area contributed by atoms with E-state index in [0.29, 0.717) is 0 Å². The first-order valence-corrected chi connectivity index (χ1v) is 11.6.